The first-order valence-electron chi connectivity index (χ1n) is 11.1. The summed E-state index contributed by atoms with van der Waals surface area (Å²) < 4.78 is 40.1. The molecule has 1 heterocycles. The van der Waals surface area contributed by atoms with E-state index in [1.165, 1.54) is 12.1 Å². The minimum atomic E-state index is -3.84. The van der Waals surface area contributed by atoms with Crippen LogP contribution in [0.3, 0.4) is 0 Å². The molecule has 4 aromatic rings. The van der Waals surface area contributed by atoms with Gasteiger partial charge in [-0.3, -0.25) is 4.79 Å². The van der Waals surface area contributed by atoms with Gasteiger partial charge in [0.2, 0.25) is 0 Å². The van der Waals surface area contributed by atoms with Crippen molar-refractivity contribution in [2.24, 2.45) is 5.92 Å². The fourth-order valence-corrected chi connectivity index (χ4v) is 5.48. The van der Waals surface area contributed by atoms with Crippen molar-refractivity contribution in [1.29, 1.82) is 0 Å². The maximum absolute atomic E-state index is 13.9. The molecule has 1 fully saturated rings. The van der Waals surface area contributed by atoms with Crippen LogP contribution >= 0.6 is 0 Å². The number of amides is 1. The lowest BCUT2D eigenvalue weighted by Crippen LogP contribution is -2.31. The molecule has 0 saturated heterocycles. The number of nitrogens with zero attached hydrogens (tertiary/aromatic N) is 1. The number of nitrogens with one attached hydrogen (secondary N) is 1. The van der Waals surface area contributed by atoms with E-state index >= 15 is 0 Å². The van der Waals surface area contributed by atoms with Crippen molar-refractivity contribution in [3.63, 3.8) is 0 Å². The van der Waals surface area contributed by atoms with Gasteiger partial charge in [-0.25, -0.2) is 17.8 Å². The third-order valence-electron chi connectivity index (χ3n) is 6.08. The van der Waals surface area contributed by atoms with E-state index in [0.29, 0.717) is 22.0 Å². The first-order chi connectivity index (χ1) is 16.3. The standard InChI is InChI=1S/C27H23FN2O3S/c1-34(32,33)26-23(27(31)30-24(18-14-15-18)19-10-7-11-20(28)16-19)21-12-5-6-13-22(21)29-25(26)17-8-3-2-4-9-17/h2-13,16,18,24H,14-15H2,1H3,(H,30,31). The number of para-hydroxylation sites is 1. The van der Waals surface area contributed by atoms with Gasteiger partial charge in [-0.05, 0) is 42.5 Å². The molecule has 1 saturated carbocycles. The van der Waals surface area contributed by atoms with Gasteiger partial charge in [-0.1, -0.05) is 60.7 Å². The molecule has 0 aliphatic heterocycles. The molecule has 172 valence electrons. The van der Waals surface area contributed by atoms with Crippen LogP contribution in [-0.2, 0) is 9.84 Å². The van der Waals surface area contributed by atoms with Crippen molar-refractivity contribution in [2.75, 3.05) is 6.26 Å². The maximum atomic E-state index is 13.9. The van der Waals surface area contributed by atoms with E-state index in [4.69, 9.17) is 0 Å². The van der Waals surface area contributed by atoms with Crippen LogP contribution in [-0.4, -0.2) is 25.6 Å². The smallest absolute Gasteiger partial charge is 0.253 e. The lowest BCUT2D eigenvalue weighted by Gasteiger charge is -2.21. The van der Waals surface area contributed by atoms with Crippen molar-refractivity contribution in [1.82, 2.24) is 10.3 Å². The molecule has 3 aromatic carbocycles. The highest BCUT2D eigenvalue weighted by atomic mass is 32.2. The summed E-state index contributed by atoms with van der Waals surface area (Å²) in [4.78, 5) is 18.3. The van der Waals surface area contributed by atoms with Gasteiger partial charge in [-0.2, -0.15) is 0 Å². The van der Waals surface area contributed by atoms with Gasteiger partial charge in [0.15, 0.2) is 9.84 Å². The number of rotatable bonds is 6. The Bertz CT molecular complexity index is 1500. The fraction of sp³-hybridized carbons (Fsp3) is 0.185. The first-order valence-corrected chi connectivity index (χ1v) is 13.0. The van der Waals surface area contributed by atoms with E-state index in [1.807, 2.05) is 6.07 Å². The molecule has 1 aromatic heterocycles. The van der Waals surface area contributed by atoms with Gasteiger partial charge in [0.1, 0.15) is 10.7 Å². The molecule has 1 aliphatic carbocycles. The second-order valence-electron chi connectivity index (χ2n) is 8.66. The monoisotopic (exact) mass is 474 g/mol. The number of carbonyl (C=O) groups excluding carboxylic acids is 1. The SMILES string of the molecule is CS(=O)(=O)c1c(-c2ccccc2)nc2ccccc2c1C(=O)NC(c1cccc(F)c1)C1CC1. The van der Waals surface area contributed by atoms with Crippen molar-refractivity contribution in [2.45, 2.75) is 23.8 Å². The van der Waals surface area contributed by atoms with Gasteiger partial charge in [-0.15, -0.1) is 0 Å². The van der Waals surface area contributed by atoms with Crippen LogP contribution in [0, 0.1) is 11.7 Å². The van der Waals surface area contributed by atoms with Gasteiger partial charge in [0.05, 0.1) is 22.8 Å². The summed E-state index contributed by atoms with van der Waals surface area (Å²) >= 11 is 0. The Kier molecular flexibility index (Phi) is 5.65. The Morgan fingerprint density at radius 1 is 1.00 bits per heavy atom. The van der Waals surface area contributed by atoms with Crippen LogP contribution in [0.4, 0.5) is 4.39 Å². The summed E-state index contributed by atoms with van der Waals surface area (Å²) in [5, 5.41) is 3.48. The summed E-state index contributed by atoms with van der Waals surface area (Å²) in [6.07, 6.45) is 2.91. The minimum Gasteiger partial charge on any atom is -0.345 e. The number of fused-ring (bicyclic) bond motifs is 1. The zero-order valence-electron chi connectivity index (χ0n) is 18.5. The Morgan fingerprint density at radius 2 is 1.71 bits per heavy atom. The molecule has 5 nitrogen and oxygen atoms in total. The summed E-state index contributed by atoms with van der Waals surface area (Å²) in [7, 11) is -3.84. The lowest BCUT2D eigenvalue weighted by atomic mass is 9.99. The third-order valence-corrected chi connectivity index (χ3v) is 7.22. The summed E-state index contributed by atoms with van der Waals surface area (Å²) in [5.74, 6) is -0.721. The van der Waals surface area contributed by atoms with E-state index in [9.17, 15) is 17.6 Å². The molecule has 0 radical (unpaired) electrons. The molecule has 0 bridgehead atoms. The average Bonchev–Trinajstić information content (AvgIpc) is 3.66. The number of hydrogen-bond donors (Lipinski definition) is 1. The highest BCUT2D eigenvalue weighted by Gasteiger charge is 2.36. The van der Waals surface area contributed by atoms with Gasteiger partial charge >= 0.3 is 0 Å². The second kappa shape index (κ2) is 8.65. The van der Waals surface area contributed by atoms with Crippen LogP contribution in [0.15, 0.2) is 83.8 Å². The van der Waals surface area contributed by atoms with E-state index in [1.54, 1.807) is 60.7 Å². The van der Waals surface area contributed by atoms with Crippen molar-refractivity contribution < 1.29 is 17.6 Å². The molecule has 5 rings (SSSR count). The summed E-state index contributed by atoms with van der Waals surface area (Å²) in [5.41, 5.74) is 2.09. The molecule has 7 heteroatoms. The molecular formula is C27H23FN2O3S. The lowest BCUT2D eigenvalue weighted by molar-refractivity contribution is 0.0930. The van der Waals surface area contributed by atoms with Crippen LogP contribution in [0.1, 0.15) is 34.8 Å². The van der Waals surface area contributed by atoms with E-state index in [2.05, 4.69) is 10.3 Å². The third kappa shape index (κ3) is 4.31. The topological polar surface area (TPSA) is 76.1 Å². The zero-order chi connectivity index (χ0) is 23.9. The fourth-order valence-electron chi connectivity index (χ4n) is 4.39. The van der Waals surface area contributed by atoms with Crippen LogP contribution in [0.25, 0.3) is 22.2 Å². The van der Waals surface area contributed by atoms with E-state index in [0.717, 1.165) is 19.1 Å². The van der Waals surface area contributed by atoms with Crippen LogP contribution < -0.4 is 5.32 Å². The number of aromatic nitrogens is 1. The number of benzene rings is 3. The Hall–Kier alpha value is -3.58. The predicted octanol–water partition coefficient (Wildman–Crippen LogP) is 5.33. The van der Waals surface area contributed by atoms with Gasteiger partial charge < -0.3 is 5.32 Å². The summed E-state index contributed by atoms with van der Waals surface area (Å²) in [6.45, 7) is 0. The number of pyridine rings is 1. The van der Waals surface area contributed by atoms with Crippen LogP contribution in [0.2, 0.25) is 0 Å². The zero-order valence-corrected chi connectivity index (χ0v) is 19.3. The van der Waals surface area contributed by atoms with Crippen molar-refractivity contribution in [3.05, 3.63) is 95.8 Å². The summed E-state index contributed by atoms with van der Waals surface area (Å²) in [6, 6.07) is 21.7. The molecule has 0 spiro atoms. The van der Waals surface area contributed by atoms with Gasteiger partial charge in [0, 0.05) is 17.2 Å². The van der Waals surface area contributed by atoms with Crippen molar-refractivity contribution in [3.8, 4) is 11.3 Å². The molecule has 34 heavy (non-hydrogen) atoms. The molecule has 1 N–H and O–H groups in total. The largest absolute Gasteiger partial charge is 0.345 e. The molecule has 1 atom stereocenters. The number of sulfone groups is 1. The van der Waals surface area contributed by atoms with E-state index < -0.39 is 21.8 Å². The molecular weight excluding hydrogens is 451 g/mol. The average molecular weight is 475 g/mol. The Balaban J connectivity index is 1.71. The Morgan fingerprint density at radius 3 is 2.38 bits per heavy atom. The highest BCUT2D eigenvalue weighted by molar-refractivity contribution is 7.91. The van der Waals surface area contributed by atoms with Crippen LogP contribution in [0.5, 0.6) is 0 Å². The molecule has 1 amide bonds. The molecule has 1 aliphatic rings. The van der Waals surface area contributed by atoms with Gasteiger partial charge in [0.25, 0.3) is 5.91 Å². The highest BCUT2D eigenvalue weighted by Crippen LogP contribution is 2.42. The quantitative estimate of drug-likeness (QED) is 0.410. The number of hydrogen-bond acceptors (Lipinski definition) is 4. The number of carbonyl (C=O) groups is 1. The molecule has 1 unspecified atom stereocenters. The normalized spacial score (nSPS) is 14.6. The minimum absolute atomic E-state index is 0.0639. The predicted molar refractivity (Wildman–Crippen MR) is 130 cm³/mol. The van der Waals surface area contributed by atoms with Crippen molar-refractivity contribution >= 4 is 26.6 Å². The maximum Gasteiger partial charge on any atom is 0.253 e. The Labute approximate surface area is 197 Å². The first kappa shape index (κ1) is 22.2. The second-order valence-corrected chi connectivity index (χ2v) is 10.6. The van der Waals surface area contributed by atoms with E-state index in [-0.39, 0.29) is 27.9 Å². The number of halogens is 1.